The van der Waals surface area contributed by atoms with Crippen LogP contribution in [-0.4, -0.2) is 0 Å². The lowest BCUT2D eigenvalue weighted by Gasteiger charge is -2.04. The first-order valence-corrected chi connectivity index (χ1v) is 7.08. The lowest BCUT2D eigenvalue weighted by Crippen LogP contribution is -1.88. The van der Waals surface area contributed by atoms with Crippen LogP contribution in [0, 0.1) is 0 Å². The van der Waals surface area contributed by atoms with E-state index in [1.807, 2.05) is 33.8 Å². The Morgan fingerprint density at radius 2 is 1.59 bits per heavy atom. The van der Waals surface area contributed by atoms with Crippen molar-refractivity contribution >= 4 is 6.08 Å². The summed E-state index contributed by atoms with van der Waals surface area (Å²) in [7, 11) is 0. The first-order valence-electron chi connectivity index (χ1n) is 7.08. The summed E-state index contributed by atoms with van der Waals surface area (Å²) in [5.41, 5.74) is 2.73. The molecular weight excluding hydrogens is 204 g/mol. The van der Waals surface area contributed by atoms with Crippen LogP contribution in [0.15, 0.2) is 30.8 Å². The summed E-state index contributed by atoms with van der Waals surface area (Å²) in [4.78, 5) is 0. The highest BCUT2D eigenvalue weighted by atomic mass is 14.0. The molecule has 0 saturated heterocycles. The van der Waals surface area contributed by atoms with Gasteiger partial charge in [-0.05, 0) is 24.0 Å². The molecular formula is C17H30. The first-order chi connectivity index (χ1) is 8.38. The molecule has 0 heteroatoms. The van der Waals surface area contributed by atoms with E-state index in [1.165, 1.54) is 36.8 Å². The van der Waals surface area contributed by atoms with Gasteiger partial charge in [0.15, 0.2) is 0 Å². The lowest BCUT2D eigenvalue weighted by atomic mass is 10.0. The first kappa shape index (κ1) is 18.3. The SMILES string of the molecule is C=Cc1ccccc1CCCCC.CC.CC. The average molecular weight is 234 g/mol. The molecule has 0 aromatic heterocycles. The molecule has 0 nitrogen and oxygen atoms in total. The number of hydrogen-bond donors (Lipinski definition) is 0. The second-order valence-electron chi connectivity index (χ2n) is 3.36. The van der Waals surface area contributed by atoms with Gasteiger partial charge >= 0.3 is 0 Å². The number of aryl methyl sites for hydroxylation is 1. The normalized spacial score (nSPS) is 8.29. The quantitative estimate of drug-likeness (QED) is 0.539. The minimum Gasteiger partial charge on any atom is -0.0985 e. The van der Waals surface area contributed by atoms with E-state index in [0.29, 0.717) is 0 Å². The van der Waals surface area contributed by atoms with Gasteiger partial charge in [0.05, 0.1) is 0 Å². The zero-order valence-corrected chi connectivity index (χ0v) is 12.4. The van der Waals surface area contributed by atoms with Crippen molar-refractivity contribution in [3.63, 3.8) is 0 Å². The van der Waals surface area contributed by atoms with Gasteiger partial charge in [-0.25, -0.2) is 0 Å². The summed E-state index contributed by atoms with van der Waals surface area (Å²) < 4.78 is 0. The van der Waals surface area contributed by atoms with Crippen LogP contribution in [-0.2, 0) is 6.42 Å². The van der Waals surface area contributed by atoms with Crippen LogP contribution in [0.3, 0.4) is 0 Å². The Balaban J connectivity index is 0. The highest BCUT2D eigenvalue weighted by molar-refractivity contribution is 5.51. The summed E-state index contributed by atoms with van der Waals surface area (Å²) in [5.74, 6) is 0. The van der Waals surface area contributed by atoms with Gasteiger partial charge in [0.25, 0.3) is 0 Å². The summed E-state index contributed by atoms with van der Waals surface area (Å²) in [6.45, 7) is 14.1. The predicted octanol–water partition coefficient (Wildman–Crippen LogP) is 6.11. The molecule has 1 aromatic rings. The van der Waals surface area contributed by atoms with Crippen molar-refractivity contribution in [3.05, 3.63) is 42.0 Å². The Bertz CT molecular complexity index is 260. The second kappa shape index (κ2) is 15.0. The molecule has 0 unspecified atom stereocenters. The Kier molecular flexibility index (Phi) is 16.1. The van der Waals surface area contributed by atoms with Crippen molar-refractivity contribution in [2.45, 2.75) is 60.3 Å². The molecule has 0 aliphatic carbocycles. The number of benzene rings is 1. The lowest BCUT2D eigenvalue weighted by molar-refractivity contribution is 0.717. The average Bonchev–Trinajstić information content (AvgIpc) is 2.44. The van der Waals surface area contributed by atoms with E-state index in [1.54, 1.807) is 0 Å². The Hall–Kier alpha value is -1.04. The maximum absolute atomic E-state index is 3.82. The molecule has 17 heavy (non-hydrogen) atoms. The van der Waals surface area contributed by atoms with Crippen molar-refractivity contribution in [2.75, 3.05) is 0 Å². The van der Waals surface area contributed by atoms with Crippen LogP contribution in [0.2, 0.25) is 0 Å². The van der Waals surface area contributed by atoms with Gasteiger partial charge in [0, 0.05) is 0 Å². The minimum atomic E-state index is 1.19. The van der Waals surface area contributed by atoms with Gasteiger partial charge < -0.3 is 0 Å². The van der Waals surface area contributed by atoms with E-state index in [0.717, 1.165) is 0 Å². The molecule has 0 fully saturated rings. The van der Waals surface area contributed by atoms with Gasteiger partial charge in [0.1, 0.15) is 0 Å². The van der Waals surface area contributed by atoms with Crippen molar-refractivity contribution in [3.8, 4) is 0 Å². The summed E-state index contributed by atoms with van der Waals surface area (Å²) >= 11 is 0. The Morgan fingerprint density at radius 3 is 2.12 bits per heavy atom. The number of hydrogen-bond acceptors (Lipinski definition) is 0. The van der Waals surface area contributed by atoms with Crippen molar-refractivity contribution in [1.29, 1.82) is 0 Å². The zero-order chi connectivity index (χ0) is 13.5. The standard InChI is InChI=1S/C13H18.2C2H6/c1-3-5-6-10-13-11-8-7-9-12(13)4-2;2*1-2/h4,7-9,11H,2-3,5-6,10H2,1H3;2*1-2H3. The molecule has 0 aliphatic rings. The molecule has 98 valence electrons. The van der Waals surface area contributed by atoms with Crippen molar-refractivity contribution < 1.29 is 0 Å². The fourth-order valence-corrected chi connectivity index (χ4v) is 1.53. The third kappa shape index (κ3) is 8.74. The Morgan fingerprint density at radius 1 is 1.00 bits per heavy atom. The summed E-state index contributed by atoms with van der Waals surface area (Å²) in [6.07, 6.45) is 7.04. The van der Waals surface area contributed by atoms with Gasteiger partial charge in [-0.15, -0.1) is 0 Å². The predicted molar refractivity (Wildman–Crippen MR) is 82.5 cm³/mol. The van der Waals surface area contributed by atoms with Crippen LogP contribution in [0.5, 0.6) is 0 Å². The van der Waals surface area contributed by atoms with Crippen molar-refractivity contribution in [1.82, 2.24) is 0 Å². The van der Waals surface area contributed by atoms with Crippen LogP contribution in [0.25, 0.3) is 6.08 Å². The van der Waals surface area contributed by atoms with E-state index in [9.17, 15) is 0 Å². The number of rotatable bonds is 5. The molecule has 0 aliphatic heterocycles. The number of unbranched alkanes of at least 4 members (excludes halogenated alkanes) is 2. The maximum atomic E-state index is 3.82. The van der Waals surface area contributed by atoms with Crippen LogP contribution >= 0.6 is 0 Å². The van der Waals surface area contributed by atoms with Gasteiger partial charge in [-0.2, -0.15) is 0 Å². The highest BCUT2D eigenvalue weighted by Crippen LogP contribution is 2.13. The van der Waals surface area contributed by atoms with E-state index in [-0.39, 0.29) is 0 Å². The Labute approximate surface area is 109 Å². The minimum absolute atomic E-state index is 1.19. The van der Waals surface area contributed by atoms with Crippen LogP contribution < -0.4 is 0 Å². The molecule has 0 bridgehead atoms. The third-order valence-corrected chi connectivity index (χ3v) is 2.32. The van der Waals surface area contributed by atoms with E-state index in [2.05, 4.69) is 37.8 Å². The molecule has 0 heterocycles. The molecule has 0 saturated carbocycles. The molecule has 0 N–H and O–H groups in total. The fraction of sp³-hybridized carbons (Fsp3) is 0.529. The summed E-state index contributed by atoms with van der Waals surface area (Å²) in [5, 5.41) is 0. The summed E-state index contributed by atoms with van der Waals surface area (Å²) in [6, 6.07) is 8.51. The van der Waals surface area contributed by atoms with Crippen molar-refractivity contribution in [2.24, 2.45) is 0 Å². The van der Waals surface area contributed by atoms with Gasteiger partial charge in [-0.3, -0.25) is 0 Å². The van der Waals surface area contributed by atoms with E-state index in [4.69, 9.17) is 0 Å². The third-order valence-electron chi connectivity index (χ3n) is 2.32. The van der Waals surface area contributed by atoms with Gasteiger partial charge in [-0.1, -0.05) is 84.4 Å². The van der Waals surface area contributed by atoms with E-state index >= 15 is 0 Å². The smallest absolute Gasteiger partial charge is 0.0230 e. The van der Waals surface area contributed by atoms with E-state index < -0.39 is 0 Å². The molecule has 0 spiro atoms. The molecule has 0 amide bonds. The largest absolute Gasteiger partial charge is 0.0985 e. The maximum Gasteiger partial charge on any atom is -0.0230 e. The van der Waals surface area contributed by atoms with Gasteiger partial charge in [0.2, 0.25) is 0 Å². The van der Waals surface area contributed by atoms with Crippen LogP contribution in [0.1, 0.15) is 65.0 Å². The fourth-order valence-electron chi connectivity index (χ4n) is 1.53. The molecule has 1 rings (SSSR count). The molecule has 0 radical (unpaired) electrons. The topological polar surface area (TPSA) is 0 Å². The second-order valence-corrected chi connectivity index (χ2v) is 3.36. The molecule has 1 aromatic carbocycles. The molecule has 0 atom stereocenters. The monoisotopic (exact) mass is 234 g/mol. The highest BCUT2D eigenvalue weighted by Gasteiger charge is 1.96. The zero-order valence-electron chi connectivity index (χ0n) is 12.4. The van der Waals surface area contributed by atoms with Crippen LogP contribution in [0.4, 0.5) is 0 Å².